The minimum absolute atomic E-state index is 0.0219. The second-order valence-corrected chi connectivity index (χ2v) is 6.44. The maximum absolute atomic E-state index is 12.8. The largest absolute Gasteiger partial charge is 0.345 e. The topological polar surface area (TPSA) is 20.3 Å². The second-order valence-electron chi connectivity index (χ2n) is 6.44. The first-order chi connectivity index (χ1) is 12.2. The van der Waals surface area contributed by atoms with E-state index in [2.05, 4.69) is 42.5 Å². The van der Waals surface area contributed by atoms with Gasteiger partial charge in [0.2, 0.25) is 0 Å². The van der Waals surface area contributed by atoms with Crippen LogP contribution in [0.3, 0.4) is 0 Å². The Morgan fingerprint density at radius 1 is 0.680 bits per heavy atom. The van der Waals surface area contributed by atoms with E-state index in [0.29, 0.717) is 0 Å². The molecule has 0 unspecified atom stereocenters. The van der Waals surface area contributed by atoms with E-state index in [1.54, 1.807) is 19.0 Å². The van der Waals surface area contributed by atoms with E-state index in [1.807, 2.05) is 36.4 Å². The molecule has 4 aromatic rings. The Hall–Kier alpha value is -3.13. The first kappa shape index (κ1) is 15.4. The number of carbonyl (C=O) groups excluding carboxylic acids is 1. The van der Waals surface area contributed by atoms with Gasteiger partial charge in [-0.2, -0.15) is 0 Å². The molecule has 0 radical (unpaired) electrons. The highest BCUT2D eigenvalue weighted by Gasteiger charge is 2.18. The Balaban J connectivity index is 2.15. The number of benzene rings is 4. The van der Waals surface area contributed by atoms with Gasteiger partial charge in [-0.25, -0.2) is 0 Å². The average molecular weight is 325 g/mol. The van der Waals surface area contributed by atoms with Gasteiger partial charge in [0.1, 0.15) is 0 Å². The number of hydrogen-bond acceptors (Lipinski definition) is 1. The fourth-order valence-corrected chi connectivity index (χ4v) is 3.42. The summed E-state index contributed by atoms with van der Waals surface area (Å²) in [4.78, 5) is 14.5. The van der Waals surface area contributed by atoms with E-state index in [1.165, 1.54) is 5.39 Å². The Labute approximate surface area is 147 Å². The third kappa shape index (κ3) is 2.56. The van der Waals surface area contributed by atoms with Gasteiger partial charge < -0.3 is 4.90 Å². The standard InChI is InChI=1S/C23H19NO/c1-24(2)23(25)21-15-14-17-9-4-6-12-19(17)22(21)20-13-7-10-16-8-3-5-11-18(16)20/h3-15H,1-2H3. The number of fused-ring (bicyclic) bond motifs is 2. The molecule has 4 rings (SSSR count). The molecule has 2 nitrogen and oxygen atoms in total. The molecule has 4 aromatic carbocycles. The Bertz CT molecular complexity index is 1090. The summed E-state index contributed by atoms with van der Waals surface area (Å²) in [6.45, 7) is 0. The van der Waals surface area contributed by atoms with Crippen LogP contribution in [0.5, 0.6) is 0 Å². The van der Waals surface area contributed by atoms with Crippen molar-refractivity contribution in [3.8, 4) is 11.1 Å². The lowest BCUT2D eigenvalue weighted by Crippen LogP contribution is -2.22. The van der Waals surface area contributed by atoms with E-state index >= 15 is 0 Å². The normalized spacial score (nSPS) is 11.0. The smallest absolute Gasteiger partial charge is 0.253 e. The number of rotatable bonds is 2. The molecule has 0 saturated carbocycles. The van der Waals surface area contributed by atoms with Gasteiger partial charge in [-0.1, -0.05) is 72.8 Å². The lowest BCUT2D eigenvalue weighted by atomic mass is 9.90. The fraction of sp³-hybridized carbons (Fsp3) is 0.0870. The molecule has 25 heavy (non-hydrogen) atoms. The fourth-order valence-electron chi connectivity index (χ4n) is 3.42. The van der Waals surface area contributed by atoms with Crippen molar-refractivity contribution >= 4 is 27.5 Å². The van der Waals surface area contributed by atoms with E-state index in [9.17, 15) is 4.79 Å². The van der Waals surface area contributed by atoms with Gasteiger partial charge in [0.25, 0.3) is 5.91 Å². The molecule has 0 heterocycles. The highest BCUT2D eigenvalue weighted by atomic mass is 16.2. The van der Waals surface area contributed by atoms with Crippen LogP contribution >= 0.6 is 0 Å². The predicted octanol–water partition coefficient (Wildman–Crippen LogP) is 5.36. The molecule has 122 valence electrons. The van der Waals surface area contributed by atoms with Crippen LogP contribution in [0.25, 0.3) is 32.7 Å². The van der Waals surface area contributed by atoms with Crippen molar-refractivity contribution in [3.05, 3.63) is 84.4 Å². The molecule has 0 atom stereocenters. The second kappa shape index (κ2) is 6.06. The molecule has 0 aliphatic heterocycles. The molecular weight excluding hydrogens is 306 g/mol. The lowest BCUT2D eigenvalue weighted by molar-refractivity contribution is 0.0828. The Kier molecular flexibility index (Phi) is 3.73. The molecule has 2 heteroatoms. The summed E-state index contributed by atoms with van der Waals surface area (Å²) in [6, 6.07) is 26.8. The van der Waals surface area contributed by atoms with Crippen molar-refractivity contribution in [3.63, 3.8) is 0 Å². The quantitative estimate of drug-likeness (QED) is 0.486. The van der Waals surface area contributed by atoms with Crippen LogP contribution in [0.4, 0.5) is 0 Å². The monoisotopic (exact) mass is 325 g/mol. The van der Waals surface area contributed by atoms with Crippen molar-refractivity contribution in [2.24, 2.45) is 0 Å². The van der Waals surface area contributed by atoms with Crippen molar-refractivity contribution < 1.29 is 4.79 Å². The first-order valence-corrected chi connectivity index (χ1v) is 8.38. The molecule has 0 N–H and O–H groups in total. The Morgan fingerprint density at radius 2 is 1.28 bits per heavy atom. The Morgan fingerprint density at radius 3 is 2.00 bits per heavy atom. The minimum Gasteiger partial charge on any atom is -0.345 e. The van der Waals surface area contributed by atoms with Gasteiger partial charge in [0, 0.05) is 25.2 Å². The number of hydrogen-bond donors (Lipinski definition) is 0. The van der Waals surface area contributed by atoms with Crippen molar-refractivity contribution in [1.82, 2.24) is 4.90 Å². The highest BCUT2D eigenvalue weighted by molar-refractivity contribution is 6.13. The van der Waals surface area contributed by atoms with Crippen LogP contribution in [0, 0.1) is 0 Å². The zero-order chi connectivity index (χ0) is 17.4. The number of carbonyl (C=O) groups is 1. The summed E-state index contributed by atoms with van der Waals surface area (Å²) < 4.78 is 0. The van der Waals surface area contributed by atoms with Crippen LogP contribution in [-0.2, 0) is 0 Å². The number of nitrogens with zero attached hydrogens (tertiary/aromatic N) is 1. The molecule has 1 amide bonds. The average Bonchev–Trinajstić information content (AvgIpc) is 2.66. The molecule has 0 saturated heterocycles. The molecule has 0 spiro atoms. The van der Waals surface area contributed by atoms with Crippen LogP contribution in [0.1, 0.15) is 10.4 Å². The third-order valence-electron chi connectivity index (χ3n) is 4.62. The number of amides is 1. The van der Waals surface area contributed by atoms with Gasteiger partial charge in [0.05, 0.1) is 0 Å². The molecule has 0 aliphatic rings. The maximum atomic E-state index is 12.8. The van der Waals surface area contributed by atoms with E-state index in [4.69, 9.17) is 0 Å². The molecule has 0 aromatic heterocycles. The summed E-state index contributed by atoms with van der Waals surface area (Å²) in [6.07, 6.45) is 0. The van der Waals surface area contributed by atoms with Gasteiger partial charge in [0.15, 0.2) is 0 Å². The summed E-state index contributed by atoms with van der Waals surface area (Å²) in [5.74, 6) is 0.0219. The zero-order valence-corrected chi connectivity index (χ0v) is 14.4. The summed E-state index contributed by atoms with van der Waals surface area (Å²) in [5, 5.41) is 4.58. The van der Waals surface area contributed by atoms with Crippen molar-refractivity contribution in [2.45, 2.75) is 0 Å². The summed E-state index contributed by atoms with van der Waals surface area (Å²) in [7, 11) is 3.59. The van der Waals surface area contributed by atoms with Crippen molar-refractivity contribution in [1.29, 1.82) is 0 Å². The summed E-state index contributed by atoms with van der Waals surface area (Å²) in [5.41, 5.74) is 2.84. The van der Waals surface area contributed by atoms with Crippen LogP contribution in [0.2, 0.25) is 0 Å². The van der Waals surface area contributed by atoms with E-state index in [0.717, 1.165) is 32.8 Å². The van der Waals surface area contributed by atoms with Gasteiger partial charge >= 0.3 is 0 Å². The first-order valence-electron chi connectivity index (χ1n) is 8.38. The maximum Gasteiger partial charge on any atom is 0.253 e. The minimum atomic E-state index is 0.0219. The van der Waals surface area contributed by atoms with Crippen molar-refractivity contribution in [2.75, 3.05) is 14.1 Å². The zero-order valence-electron chi connectivity index (χ0n) is 14.4. The molecule has 0 fully saturated rings. The molecule has 0 aliphatic carbocycles. The van der Waals surface area contributed by atoms with Crippen LogP contribution < -0.4 is 0 Å². The van der Waals surface area contributed by atoms with Crippen LogP contribution in [-0.4, -0.2) is 24.9 Å². The van der Waals surface area contributed by atoms with Gasteiger partial charge in [-0.05, 0) is 33.2 Å². The third-order valence-corrected chi connectivity index (χ3v) is 4.62. The molecule has 0 bridgehead atoms. The van der Waals surface area contributed by atoms with Gasteiger partial charge in [-0.3, -0.25) is 4.79 Å². The lowest BCUT2D eigenvalue weighted by Gasteiger charge is -2.18. The van der Waals surface area contributed by atoms with Gasteiger partial charge in [-0.15, -0.1) is 0 Å². The van der Waals surface area contributed by atoms with E-state index < -0.39 is 0 Å². The molecular formula is C23H19NO. The predicted molar refractivity (Wildman–Crippen MR) is 105 cm³/mol. The van der Waals surface area contributed by atoms with E-state index in [-0.39, 0.29) is 5.91 Å². The summed E-state index contributed by atoms with van der Waals surface area (Å²) >= 11 is 0. The van der Waals surface area contributed by atoms with Crippen LogP contribution in [0.15, 0.2) is 78.9 Å². The highest BCUT2D eigenvalue weighted by Crippen LogP contribution is 2.36. The SMILES string of the molecule is CN(C)C(=O)c1ccc2ccccc2c1-c1cccc2ccccc12.